The fraction of sp³-hybridized carbons (Fsp3) is 0.667. The third-order valence-electron chi connectivity index (χ3n) is 11.7. The van der Waals surface area contributed by atoms with Crippen molar-refractivity contribution in [1.29, 1.82) is 0 Å². The Morgan fingerprint density at radius 1 is 0.977 bits per heavy atom. The fourth-order valence-electron chi connectivity index (χ4n) is 9.01. The van der Waals surface area contributed by atoms with Crippen LogP contribution in [0.3, 0.4) is 0 Å². The SMILES string of the molecule is Cc1cc(O)cc([C@@H]2O[C@]3(CC[C@H]2C)O[C@@H](C[C@@H]2C=C[C@@H]4CC[C@@H](C)[C@H](C)[C@@H]4[C@H]2/C(O)=C2\NC(=O)CC2=O)CC[C@H]3C)c1. The van der Waals surface area contributed by atoms with Crippen LogP contribution in [0.25, 0.3) is 0 Å². The second-order valence-electron chi connectivity index (χ2n) is 14.6. The van der Waals surface area contributed by atoms with Gasteiger partial charge in [-0.15, -0.1) is 0 Å². The summed E-state index contributed by atoms with van der Waals surface area (Å²) in [6, 6.07) is 5.69. The number of ketones is 1. The Morgan fingerprint density at radius 2 is 1.77 bits per heavy atom. The van der Waals surface area contributed by atoms with E-state index in [1.54, 1.807) is 6.07 Å². The summed E-state index contributed by atoms with van der Waals surface area (Å²) in [6.07, 6.45) is 10.8. The van der Waals surface area contributed by atoms with Crippen molar-refractivity contribution in [3.63, 3.8) is 0 Å². The maximum absolute atomic E-state index is 12.8. The number of phenolic OH excluding ortho intramolecular Hbond substituents is 1. The lowest BCUT2D eigenvalue weighted by atomic mass is 9.57. The molecule has 5 aliphatic rings. The van der Waals surface area contributed by atoms with E-state index < -0.39 is 5.79 Å². The molecule has 3 saturated heterocycles. The van der Waals surface area contributed by atoms with E-state index in [-0.39, 0.29) is 71.2 Å². The van der Waals surface area contributed by atoms with Gasteiger partial charge in [0.2, 0.25) is 5.91 Å². The van der Waals surface area contributed by atoms with Gasteiger partial charge in [-0.05, 0) is 104 Å². The van der Waals surface area contributed by atoms with Gasteiger partial charge in [0.05, 0.1) is 18.6 Å². The molecule has 43 heavy (non-hydrogen) atoms. The molecule has 1 amide bonds. The van der Waals surface area contributed by atoms with E-state index >= 15 is 0 Å². The molecule has 1 saturated carbocycles. The maximum atomic E-state index is 12.8. The molecule has 2 aliphatic carbocycles. The minimum absolute atomic E-state index is 0.0192. The quantitative estimate of drug-likeness (QED) is 0.150. The second-order valence-corrected chi connectivity index (χ2v) is 14.6. The van der Waals surface area contributed by atoms with Crippen molar-refractivity contribution in [1.82, 2.24) is 5.32 Å². The summed E-state index contributed by atoms with van der Waals surface area (Å²) >= 11 is 0. The lowest BCUT2D eigenvalue weighted by Crippen LogP contribution is -2.53. The number of hydrogen-bond acceptors (Lipinski definition) is 6. The van der Waals surface area contributed by atoms with Crippen molar-refractivity contribution in [2.75, 3.05) is 0 Å². The summed E-state index contributed by atoms with van der Waals surface area (Å²) in [6.45, 7) is 11.0. The van der Waals surface area contributed by atoms with Gasteiger partial charge in [0.25, 0.3) is 0 Å². The van der Waals surface area contributed by atoms with Crippen LogP contribution in [0.4, 0.5) is 0 Å². The standard InChI is InChI=1S/C36H49NO6/c1-19-14-26(16-27(38)15-19)35-21(3)12-13-36(43-35)22(4)7-11-28(42-36)17-25-10-9-24-8-6-20(2)23(5)31(24)32(25)34(41)33-29(39)18-30(40)37-33/h9-10,14-16,20-25,28,31-32,35,38,41H,6-8,11-13,17-18H2,1-5H3,(H,37,40)/b34-33+/t20-,21-,22-,23+,24+,25+,28-,31+,32+,35-,36+/m1/s1. The number of amides is 1. The van der Waals surface area contributed by atoms with Gasteiger partial charge in [-0.1, -0.05) is 45.9 Å². The maximum Gasteiger partial charge on any atom is 0.232 e. The number of hydrogen-bond donors (Lipinski definition) is 3. The zero-order valence-corrected chi connectivity index (χ0v) is 26.3. The van der Waals surface area contributed by atoms with E-state index in [4.69, 9.17) is 9.47 Å². The number of Topliss-reactive ketones (excluding diaryl/α,β-unsaturated/α-hetero) is 1. The highest BCUT2D eigenvalue weighted by Crippen LogP contribution is 2.54. The first-order valence-corrected chi connectivity index (χ1v) is 16.6. The van der Waals surface area contributed by atoms with Crippen LogP contribution in [0.2, 0.25) is 0 Å². The molecule has 6 rings (SSSR count). The number of fused-ring (bicyclic) bond motifs is 1. The Kier molecular flexibility index (Phi) is 8.27. The van der Waals surface area contributed by atoms with Gasteiger partial charge < -0.3 is 25.0 Å². The van der Waals surface area contributed by atoms with Gasteiger partial charge in [0, 0.05) is 18.3 Å². The van der Waals surface area contributed by atoms with Crippen molar-refractivity contribution in [2.24, 2.45) is 47.3 Å². The highest BCUT2D eigenvalue weighted by Gasteiger charge is 2.52. The van der Waals surface area contributed by atoms with Crippen LogP contribution >= 0.6 is 0 Å². The average molecular weight is 592 g/mol. The van der Waals surface area contributed by atoms with Crippen molar-refractivity contribution < 1.29 is 29.3 Å². The number of carbonyl (C=O) groups is 2. The largest absolute Gasteiger partial charge is 0.510 e. The van der Waals surface area contributed by atoms with Gasteiger partial charge in [-0.2, -0.15) is 0 Å². The smallest absolute Gasteiger partial charge is 0.232 e. The fourth-order valence-corrected chi connectivity index (χ4v) is 9.01. The number of ether oxygens (including phenoxy) is 2. The number of benzene rings is 1. The van der Waals surface area contributed by atoms with E-state index in [0.717, 1.165) is 49.7 Å². The molecule has 3 aliphatic heterocycles. The van der Waals surface area contributed by atoms with E-state index in [1.165, 1.54) is 0 Å². The molecule has 0 aromatic heterocycles. The summed E-state index contributed by atoms with van der Waals surface area (Å²) in [7, 11) is 0. The first kappa shape index (κ1) is 30.4. The Labute approximate surface area is 256 Å². The lowest BCUT2D eigenvalue weighted by molar-refractivity contribution is -0.348. The van der Waals surface area contributed by atoms with Crippen LogP contribution in [-0.2, 0) is 19.1 Å². The number of aliphatic hydroxyl groups excluding tert-OH is 1. The average Bonchev–Trinajstić information content (AvgIpc) is 3.30. The number of aromatic hydroxyl groups is 1. The van der Waals surface area contributed by atoms with Gasteiger partial charge in [-0.3, -0.25) is 9.59 Å². The van der Waals surface area contributed by atoms with Crippen molar-refractivity contribution in [3.05, 3.63) is 52.9 Å². The zero-order chi connectivity index (χ0) is 30.6. The van der Waals surface area contributed by atoms with Crippen LogP contribution < -0.4 is 5.32 Å². The number of aryl methyl sites for hydroxylation is 1. The summed E-state index contributed by atoms with van der Waals surface area (Å²) < 4.78 is 14.0. The molecule has 4 fully saturated rings. The van der Waals surface area contributed by atoms with Crippen LogP contribution in [0, 0.1) is 54.3 Å². The van der Waals surface area contributed by atoms with Crippen LogP contribution in [-0.4, -0.2) is 33.8 Å². The van der Waals surface area contributed by atoms with Crippen molar-refractivity contribution in [2.45, 2.75) is 104 Å². The summed E-state index contributed by atoms with van der Waals surface area (Å²) in [5.74, 6) is 0.622. The topological polar surface area (TPSA) is 105 Å². The number of rotatable bonds is 4. The molecule has 234 valence electrons. The van der Waals surface area contributed by atoms with Crippen molar-refractivity contribution >= 4 is 11.7 Å². The van der Waals surface area contributed by atoms with Crippen LogP contribution in [0.5, 0.6) is 5.75 Å². The first-order valence-electron chi connectivity index (χ1n) is 16.6. The molecule has 0 radical (unpaired) electrons. The van der Waals surface area contributed by atoms with E-state index in [9.17, 15) is 19.8 Å². The molecule has 0 unspecified atom stereocenters. The Hall–Kier alpha value is -2.64. The zero-order valence-electron chi connectivity index (χ0n) is 26.3. The number of nitrogens with one attached hydrogen (secondary N) is 1. The Balaban J connectivity index is 1.28. The normalized spacial score (nSPS) is 42.5. The predicted octanol–water partition coefficient (Wildman–Crippen LogP) is 7.05. The molecule has 3 heterocycles. The predicted molar refractivity (Wildman–Crippen MR) is 164 cm³/mol. The van der Waals surface area contributed by atoms with Crippen LogP contribution in [0.1, 0.15) is 96.3 Å². The molecule has 1 spiro atoms. The number of aliphatic hydroxyl groups is 1. The second kappa shape index (κ2) is 11.7. The summed E-state index contributed by atoms with van der Waals surface area (Å²) in [5.41, 5.74) is 2.10. The lowest BCUT2D eigenvalue weighted by Gasteiger charge is -2.52. The van der Waals surface area contributed by atoms with E-state index in [1.807, 2.05) is 13.0 Å². The number of allylic oxidation sites excluding steroid dienone is 4. The molecule has 1 aromatic rings. The minimum Gasteiger partial charge on any atom is -0.510 e. The van der Waals surface area contributed by atoms with Crippen molar-refractivity contribution in [3.8, 4) is 5.75 Å². The summed E-state index contributed by atoms with van der Waals surface area (Å²) in [5, 5.41) is 24.8. The third kappa shape index (κ3) is 5.68. The van der Waals surface area contributed by atoms with Crippen LogP contribution in [0.15, 0.2) is 41.8 Å². The van der Waals surface area contributed by atoms with Gasteiger partial charge >= 0.3 is 0 Å². The van der Waals surface area contributed by atoms with Gasteiger partial charge in [-0.25, -0.2) is 0 Å². The Morgan fingerprint density at radius 3 is 2.49 bits per heavy atom. The molecule has 7 heteroatoms. The highest BCUT2D eigenvalue weighted by atomic mass is 16.7. The third-order valence-corrected chi connectivity index (χ3v) is 11.7. The molecule has 1 aromatic carbocycles. The highest BCUT2D eigenvalue weighted by molar-refractivity contribution is 6.14. The van der Waals surface area contributed by atoms with E-state index in [2.05, 4.69) is 51.2 Å². The summed E-state index contributed by atoms with van der Waals surface area (Å²) in [4.78, 5) is 24.9. The molecule has 11 atom stereocenters. The molecule has 0 bridgehead atoms. The molecule has 3 N–H and O–H groups in total. The molecular formula is C36H49NO6. The van der Waals surface area contributed by atoms with E-state index in [0.29, 0.717) is 30.1 Å². The monoisotopic (exact) mass is 591 g/mol. The minimum atomic E-state index is -0.710. The molecular weight excluding hydrogens is 542 g/mol. The van der Waals surface area contributed by atoms with Gasteiger partial charge in [0.15, 0.2) is 11.6 Å². The number of phenols is 1. The molecule has 7 nitrogen and oxygen atoms in total. The Bertz CT molecular complexity index is 1300. The first-order chi connectivity index (χ1) is 20.5. The number of carbonyl (C=O) groups excluding carboxylic acids is 2. The van der Waals surface area contributed by atoms with Gasteiger partial charge in [0.1, 0.15) is 17.2 Å².